The molecule has 0 unspecified atom stereocenters. The molecule has 0 atom stereocenters. The zero-order valence-corrected chi connectivity index (χ0v) is 13.4. The Morgan fingerprint density at radius 1 is 1.33 bits per heavy atom. The normalized spacial score (nSPS) is 8.33. The van der Waals surface area contributed by atoms with Crippen LogP contribution in [0.25, 0.3) is 0 Å². The minimum Gasteiger partial charge on any atom is -0.466 e. The molecule has 0 saturated heterocycles. The molecular weight excluding hydrogens is 296 g/mol. The van der Waals surface area contributed by atoms with Gasteiger partial charge in [0.1, 0.15) is 0 Å². The van der Waals surface area contributed by atoms with Gasteiger partial charge in [0.25, 0.3) is 0 Å². The number of nitrogens with zero attached hydrogens (tertiary/aromatic N) is 1. The smallest absolute Gasteiger partial charge is 0.310 e. The lowest BCUT2D eigenvalue weighted by atomic mass is 10.2. The summed E-state index contributed by atoms with van der Waals surface area (Å²) >= 11 is 3.28. The van der Waals surface area contributed by atoms with Gasteiger partial charge in [-0.2, -0.15) is 0 Å². The summed E-state index contributed by atoms with van der Waals surface area (Å²) in [6, 6.07) is 0. The second kappa shape index (κ2) is 12.4. The van der Waals surface area contributed by atoms with Crippen LogP contribution in [0, 0.1) is 0 Å². The molecule has 1 aromatic heterocycles. The highest BCUT2D eigenvalue weighted by atomic mass is 79.9. The van der Waals surface area contributed by atoms with Crippen LogP contribution in [-0.2, 0) is 16.0 Å². The maximum absolute atomic E-state index is 11.2. The van der Waals surface area contributed by atoms with E-state index in [1.807, 2.05) is 27.7 Å². The van der Waals surface area contributed by atoms with Crippen molar-refractivity contribution in [2.45, 2.75) is 41.0 Å². The molecule has 0 fully saturated rings. The number of esters is 1. The van der Waals surface area contributed by atoms with Gasteiger partial charge in [0.05, 0.1) is 24.9 Å². The monoisotopic (exact) mass is 318 g/mol. The van der Waals surface area contributed by atoms with Crippen molar-refractivity contribution in [1.29, 1.82) is 0 Å². The molecule has 0 aliphatic rings. The molecule has 5 heteroatoms. The van der Waals surface area contributed by atoms with E-state index in [2.05, 4.69) is 20.9 Å². The van der Waals surface area contributed by atoms with Crippen LogP contribution in [0.15, 0.2) is 16.9 Å². The molecule has 0 spiro atoms. The molecule has 18 heavy (non-hydrogen) atoms. The molecular formula is C13H23BrN2O2. The van der Waals surface area contributed by atoms with Gasteiger partial charge in [-0.1, -0.05) is 27.7 Å². The number of carbonyl (C=O) groups is 1. The Balaban J connectivity index is 0. The fourth-order valence-electron chi connectivity index (χ4n) is 1.02. The van der Waals surface area contributed by atoms with E-state index in [9.17, 15) is 4.79 Å². The van der Waals surface area contributed by atoms with Crippen LogP contribution in [0.5, 0.6) is 0 Å². The van der Waals surface area contributed by atoms with Crippen LogP contribution < -0.4 is 5.73 Å². The van der Waals surface area contributed by atoms with Crippen LogP contribution in [0.1, 0.15) is 40.2 Å². The van der Waals surface area contributed by atoms with Crippen LogP contribution in [0.4, 0.5) is 5.69 Å². The molecule has 2 N–H and O–H groups in total. The molecule has 0 aliphatic carbocycles. The van der Waals surface area contributed by atoms with Gasteiger partial charge in [-0.3, -0.25) is 9.78 Å². The Morgan fingerprint density at radius 2 is 1.89 bits per heavy atom. The predicted molar refractivity (Wildman–Crippen MR) is 79.4 cm³/mol. The maximum Gasteiger partial charge on any atom is 0.310 e. The summed E-state index contributed by atoms with van der Waals surface area (Å²) in [6.07, 6.45) is 3.28. The highest BCUT2D eigenvalue weighted by molar-refractivity contribution is 9.10. The molecule has 0 amide bonds. The van der Waals surface area contributed by atoms with Crippen molar-refractivity contribution in [2.75, 3.05) is 12.3 Å². The zero-order chi connectivity index (χ0) is 14.6. The number of hydrogen-bond acceptors (Lipinski definition) is 4. The minimum atomic E-state index is -0.286. The highest BCUT2D eigenvalue weighted by Gasteiger charge is 2.10. The summed E-state index contributed by atoms with van der Waals surface area (Å²) in [4.78, 5) is 15.1. The maximum atomic E-state index is 11.2. The van der Waals surface area contributed by atoms with E-state index in [0.717, 1.165) is 10.0 Å². The van der Waals surface area contributed by atoms with Gasteiger partial charge in [-0.05, 0) is 22.9 Å². The Labute approximate surface area is 118 Å². The van der Waals surface area contributed by atoms with Gasteiger partial charge in [-0.25, -0.2) is 0 Å². The average Bonchev–Trinajstić information content (AvgIpc) is 2.39. The standard InChI is InChI=1S/C9H11BrN2O2.2C2H6/c1-2-14-9(13)3-6-7(10)4-12-5-8(6)11;2*1-2/h4-5H,2-3,11H2,1H3;2*1-2H3. The van der Waals surface area contributed by atoms with Crippen LogP contribution in [-0.4, -0.2) is 17.6 Å². The Bertz CT molecular complexity index is 324. The van der Waals surface area contributed by atoms with Crippen LogP contribution in [0.3, 0.4) is 0 Å². The quantitative estimate of drug-likeness (QED) is 0.865. The Hall–Kier alpha value is -1.10. The lowest BCUT2D eigenvalue weighted by molar-refractivity contribution is -0.142. The average molecular weight is 319 g/mol. The van der Waals surface area contributed by atoms with Crippen molar-refractivity contribution in [1.82, 2.24) is 4.98 Å². The van der Waals surface area contributed by atoms with Gasteiger partial charge in [0, 0.05) is 16.2 Å². The lowest BCUT2D eigenvalue weighted by Crippen LogP contribution is -2.10. The number of hydrogen-bond donors (Lipinski definition) is 1. The Kier molecular flexibility index (Phi) is 13.2. The first-order valence-corrected chi connectivity index (χ1v) is 6.98. The van der Waals surface area contributed by atoms with Gasteiger partial charge >= 0.3 is 5.97 Å². The second-order valence-corrected chi connectivity index (χ2v) is 3.53. The minimum absolute atomic E-state index is 0.169. The van der Waals surface area contributed by atoms with E-state index in [-0.39, 0.29) is 12.4 Å². The molecule has 1 aromatic rings. The number of carbonyl (C=O) groups excluding carboxylic acids is 1. The number of pyridine rings is 1. The number of nitrogens with two attached hydrogens (primary N) is 1. The van der Waals surface area contributed by atoms with Crippen LogP contribution in [0.2, 0.25) is 0 Å². The number of aromatic nitrogens is 1. The van der Waals surface area contributed by atoms with Gasteiger partial charge in [0.15, 0.2) is 0 Å². The van der Waals surface area contributed by atoms with E-state index >= 15 is 0 Å². The highest BCUT2D eigenvalue weighted by Crippen LogP contribution is 2.21. The predicted octanol–water partition coefficient (Wildman–Crippen LogP) is 3.58. The summed E-state index contributed by atoms with van der Waals surface area (Å²) in [5.74, 6) is -0.286. The topological polar surface area (TPSA) is 65.2 Å². The zero-order valence-electron chi connectivity index (χ0n) is 11.8. The van der Waals surface area contributed by atoms with Crippen molar-refractivity contribution < 1.29 is 9.53 Å². The molecule has 1 rings (SSSR count). The molecule has 0 saturated carbocycles. The third-order valence-electron chi connectivity index (χ3n) is 1.66. The van der Waals surface area contributed by atoms with Gasteiger partial charge in [-0.15, -0.1) is 0 Å². The first-order chi connectivity index (χ1) is 8.65. The van der Waals surface area contributed by atoms with Crippen molar-refractivity contribution in [3.05, 3.63) is 22.4 Å². The first kappa shape index (κ1) is 19.2. The molecule has 0 bridgehead atoms. The molecule has 0 aliphatic heterocycles. The van der Waals surface area contributed by atoms with E-state index in [1.165, 1.54) is 6.20 Å². The number of anilines is 1. The van der Waals surface area contributed by atoms with E-state index < -0.39 is 0 Å². The number of nitrogen functional groups attached to an aromatic ring is 1. The third-order valence-corrected chi connectivity index (χ3v) is 2.35. The summed E-state index contributed by atoms with van der Waals surface area (Å²) in [7, 11) is 0. The first-order valence-electron chi connectivity index (χ1n) is 6.18. The van der Waals surface area contributed by atoms with Crippen molar-refractivity contribution in [2.24, 2.45) is 0 Å². The van der Waals surface area contributed by atoms with E-state index in [4.69, 9.17) is 10.5 Å². The summed E-state index contributed by atoms with van der Waals surface area (Å²) in [6.45, 7) is 10.1. The third kappa shape index (κ3) is 7.27. The summed E-state index contributed by atoms with van der Waals surface area (Å²) < 4.78 is 5.55. The second-order valence-electron chi connectivity index (χ2n) is 2.67. The number of rotatable bonds is 3. The van der Waals surface area contributed by atoms with Gasteiger partial charge < -0.3 is 10.5 Å². The molecule has 0 aromatic carbocycles. The van der Waals surface area contributed by atoms with E-state index in [1.54, 1.807) is 13.1 Å². The fraction of sp³-hybridized carbons (Fsp3) is 0.538. The summed E-state index contributed by atoms with van der Waals surface area (Å²) in [5.41, 5.74) is 6.88. The van der Waals surface area contributed by atoms with Crippen molar-refractivity contribution in [3.63, 3.8) is 0 Å². The lowest BCUT2D eigenvalue weighted by Gasteiger charge is -2.06. The van der Waals surface area contributed by atoms with Crippen LogP contribution >= 0.6 is 15.9 Å². The fourth-order valence-corrected chi connectivity index (χ4v) is 1.51. The molecule has 4 nitrogen and oxygen atoms in total. The largest absolute Gasteiger partial charge is 0.466 e. The van der Waals surface area contributed by atoms with Crippen molar-refractivity contribution >= 4 is 27.6 Å². The van der Waals surface area contributed by atoms with Crippen molar-refractivity contribution in [3.8, 4) is 0 Å². The number of halogens is 1. The number of ether oxygens (including phenoxy) is 1. The molecule has 0 radical (unpaired) electrons. The SMILES string of the molecule is CC.CC.CCOC(=O)Cc1c(N)cncc1Br. The Morgan fingerprint density at radius 3 is 2.33 bits per heavy atom. The van der Waals surface area contributed by atoms with Gasteiger partial charge in [0.2, 0.25) is 0 Å². The molecule has 104 valence electrons. The summed E-state index contributed by atoms with van der Waals surface area (Å²) in [5, 5.41) is 0. The van der Waals surface area contributed by atoms with E-state index in [0.29, 0.717) is 12.3 Å². The molecule has 1 heterocycles.